The van der Waals surface area contributed by atoms with Gasteiger partial charge in [-0.2, -0.15) is 0 Å². The summed E-state index contributed by atoms with van der Waals surface area (Å²) in [5.41, 5.74) is 1.46. The van der Waals surface area contributed by atoms with E-state index in [1.807, 2.05) is 12.1 Å². The highest BCUT2D eigenvalue weighted by atomic mass is 35.5. The summed E-state index contributed by atoms with van der Waals surface area (Å²) in [7, 11) is 0. The maximum Gasteiger partial charge on any atom is 0.0406 e. The minimum absolute atomic E-state index is 0.737. The van der Waals surface area contributed by atoms with E-state index in [0.29, 0.717) is 0 Å². The topological polar surface area (TPSA) is 12.0 Å². The fourth-order valence-electron chi connectivity index (χ4n) is 3.79. The fourth-order valence-corrected chi connectivity index (χ4v) is 3.92. The highest BCUT2D eigenvalue weighted by molar-refractivity contribution is 6.30. The van der Waals surface area contributed by atoms with E-state index < -0.39 is 0 Å². The molecule has 1 aromatic rings. The number of hydrogen-bond donors (Lipinski definition) is 1. The van der Waals surface area contributed by atoms with Gasteiger partial charge in [0.2, 0.25) is 0 Å². The lowest BCUT2D eigenvalue weighted by Crippen LogP contribution is -2.47. The molecule has 0 spiro atoms. The SMILES string of the molecule is CC1CCC(NC2CC(c3ccc(Cl)cc3)C2)CC1C. The van der Waals surface area contributed by atoms with Gasteiger partial charge in [0.15, 0.2) is 0 Å². The molecule has 2 heteroatoms. The van der Waals surface area contributed by atoms with E-state index in [-0.39, 0.29) is 0 Å². The third kappa shape index (κ3) is 3.20. The summed E-state index contributed by atoms with van der Waals surface area (Å²) in [6.45, 7) is 4.82. The van der Waals surface area contributed by atoms with Crippen LogP contribution in [0.25, 0.3) is 0 Å². The van der Waals surface area contributed by atoms with Crippen LogP contribution in [0.5, 0.6) is 0 Å². The fraction of sp³-hybridized carbons (Fsp3) is 0.667. The van der Waals surface area contributed by atoms with E-state index in [1.54, 1.807) is 0 Å². The zero-order valence-electron chi connectivity index (χ0n) is 12.6. The van der Waals surface area contributed by atoms with Crippen molar-refractivity contribution in [3.63, 3.8) is 0 Å². The van der Waals surface area contributed by atoms with Crippen LogP contribution < -0.4 is 5.32 Å². The normalized spacial score (nSPS) is 37.5. The van der Waals surface area contributed by atoms with Crippen molar-refractivity contribution in [3.05, 3.63) is 34.9 Å². The minimum Gasteiger partial charge on any atom is -0.311 e. The first-order valence-electron chi connectivity index (χ1n) is 8.13. The van der Waals surface area contributed by atoms with E-state index in [9.17, 15) is 0 Å². The number of benzene rings is 1. The molecule has 0 amide bonds. The molecule has 2 aliphatic rings. The quantitative estimate of drug-likeness (QED) is 0.826. The van der Waals surface area contributed by atoms with Crippen LogP contribution in [0.15, 0.2) is 24.3 Å². The van der Waals surface area contributed by atoms with Crippen molar-refractivity contribution >= 4 is 11.6 Å². The number of rotatable bonds is 3. The van der Waals surface area contributed by atoms with Crippen LogP contribution in [0.3, 0.4) is 0 Å². The Balaban J connectivity index is 1.45. The lowest BCUT2D eigenvalue weighted by molar-refractivity contribution is 0.183. The second-order valence-corrected chi connectivity index (χ2v) is 7.48. The molecule has 110 valence electrons. The maximum absolute atomic E-state index is 5.95. The van der Waals surface area contributed by atoms with Crippen molar-refractivity contribution in [2.75, 3.05) is 0 Å². The van der Waals surface area contributed by atoms with Gasteiger partial charge in [0.25, 0.3) is 0 Å². The Bertz CT molecular complexity index is 435. The van der Waals surface area contributed by atoms with Crippen LogP contribution in [0.2, 0.25) is 5.02 Å². The van der Waals surface area contributed by atoms with Crippen molar-refractivity contribution in [2.45, 2.75) is 64.0 Å². The van der Waals surface area contributed by atoms with Gasteiger partial charge in [-0.25, -0.2) is 0 Å². The largest absolute Gasteiger partial charge is 0.311 e. The molecular weight excluding hydrogens is 266 g/mol. The van der Waals surface area contributed by atoms with E-state index in [4.69, 9.17) is 11.6 Å². The molecule has 2 aliphatic carbocycles. The molecule has 1 N–H and O–H groups in total. The number of halogens is 1. The first-order valence-corrected chi connectivity index (χ1v) is 8.51. The highest BCUT2D eigenvalue weighted by Gasteiger charge is 2.33. The third-order valence-corrected chi connectivity index (χ3v) is 5.80. The Morgan fingerprint density at radius 1 is 0.900 bits per heavy atom. The number of nitrogens with one attached hydrogen (secondary N) is 1. The van der Waals surface area contributed by atoms with Crippen molar-refractivity contribution in [1.29, 1.82) is 0 Å². The maximum atomic E-state index is 5.95. The van der Waals surface area contributed by atoms with E-state index in [0.717, 1.165) is 34.9 Å². The van der Waals surface area contributed by atoms with Crippen LogP contribution in [-0.2, 0) is 0 Å². The average Bonchev–Trinajstić information content (AvgIpc) is 2.39. The standard InChI is InChI=1S/C18H26ClN/c1-12-3-8-17(9-13(12)2)20-18-10-15(11-18)14-4-6-16(19)7-5-14/h4-7,12-13,15,17-18,20H,3,8-11H2,1-2H3. The van der Waals surface area contributed by atoms with Crippen molar-refractivity contribution in [1.82, 2.24) is 5.32 Å². The van der Waals surface area contributed by atoms with Crippen LogP contribution in [0.4, 0.5) is 0 Å². The zero-order chi connectivity index (χ0) is 14.1. The average molecular weight is 292 g/mol. The highest BCUT2D eigenvalue weighted by Crippen LogP contribution is 2.38. The summed E-state index contributed by atoms with van der Waals surface area (Å²) >= 11 is 5.95. The summed E-state index contributed by atoms with van der Waals surface area (Å²) in [5.74, 6) is 2.54. The van der Waals surface area contributed by atoms with E-state index >= 15 is 0 Å². The summed E-state index contributed by atoms with van der Waals surface area (Å²) in [5, 5.41) is 4.73. The molecule has 3 unspecified atom stereocenters. The van der Waals surface area contributed by atoms with Gasteiger partial charge < -0.3 is 5.32 Å². The number of hydrogen-bond acceptors (Lipinski definition) is 1. The molecule has 0 aliphatic heterocycles. The van der Waals surface area contributed by atoms with Crippen LogP contribution >= 0.6 is 11.6 Å². The molecule has 0 heterocycles. The first-order chi connectivity index (χ1) is 9.61. The second kappa shape index (κ2) is 6.07. The van der Waals surface area contributed by atoms with Gasteiger partial charge in [-0.1, -0.05) is 37.6 Å². The molecular formula is C18H26ClN. The molecule has 0 radical (unpaired) electrons. The van der Waals surface area contributed by atoms with E-state index in [2.05, 4.69) is 31.3 Å². The van der Waals surface area contributed by atoms with E-state index in [1.165, 1.54) is 37.7 Å². The molecule has 2 fully saturated rings. The monoisotopic (exact) mass is 291 g/mol. The third-order valence-electron chi connectivity index (χ3n) is 5.55. The lowest BCUT2D eigenvalue weighted by Gasteiger charge is -2.41. The van der Waals surface area contributed by atoms with Gasteiger partial charge in [0.1, 0.15) is 0 Å². The molecule has 3 rings (SSSR count). The predicted molar refractivity (Wildman–Crippen MR) is 86.3 cm³/mol. The molecule has 2 saturated carbocycles. The van der Waals surface area contributed by atoms with Crippen molar-refractivity contribution in [3.8, 4) is 0 Å². The van der Waals surface area contributed by atoms with Gasteiger partial charge >= 0.3 is 0 Å². The van der Waals surface area contributed by atoms with Gasteiger partial charge in [-0.3, -0.25) is 0 Å². The summed E-state index contributed by atoms with van der Waals surface area (Å²) in [4.78, 5) is 0. The Morgan fingerprint density at radius 2 is 1.60 bits per heavy atom. The van der Waals surface area contributed by atoms with Crippen molar-refractivity contribution < 1.29 is 0 Å². The Morgan fingerprint density at radius 3 is 2.25 bits per heavy atom. The minimum atomic E-state index is 0.737. The molecule has 0 bridgehead atoms. The zero-order valence-corrected chi connectivity index (χ0v) is 13.4. The predicted octanol–water partition coefficient (Wildman–Crippen LogP) is 5.00. The lowest BCUT2D eigenvalue weighted by atomic mass is 9.74. The summed E-state index contributed by atoms with van der Waals surface area (Å²) in [6.07, 6.45) is 6.72. The molecule has 20 heavy (non-hydrogen) atoms. The molecule has 0 aromatic heterocycles. The Hall–Kier alpha value is -0.530. The molecule has 3 atom stereocenters. The summed E-state index contributed by atoms with van der Waals surface area (Å²) in [6, 6.07) is 9.91. The van der Waals surface area contributed by atoms with Gasteiger partial charge in [-0.05, 0) is 67.6 Å². The van der Waals surface area contributed by atoms with Crippen LogP contribution in [-0.4, -0.2) is 12.1 Å². The molecule has 0 saturated heterocycles. The Labute approximate surface area is 128 Å². The van der Waals surface area contributed by atoms with Gasteiger partial charge in [-0.15, -0.1) is 0 Å². The van der Waals surface area contributed by atoms with Crippen molar-refractivity contribution in [2.24, 2.45) is 11.8 Å². The smallest absolute Gasteiger partial charge is 0.0406 e. The second-order valence-electron chi connectivity index (χ2n) is 7.05. The first kappa shape index (κ1) is 14.4. The van der Waals surface area contributed by atoms with Crippen LogP contribution in [0, 0.1) is 11.8 Å². The summed E-state index contributed by atoms with van der Waals surface area (Å²) < 4.78 is 0. The molecule has 1 nitrogen and oxygen atoms in total. The molecule has 1 aromatic carbocycles. The Kier molecular flexibility index (Phi) is 4.37. The van der Waals surface area contributed by atoms with Crippen LogP contribution in [0.1, 0.15) is 57.4 Å². The van der Waals surface area contributed by atoms with Gasteiger partial charge in [0.05, 0.1) is 0 Å². The van der Waals surface area contributed by atoms with Gasteiger partial charge in [0, 0.05) is 17.1 Å².